The first-order valence-electron chi connectivity index (χ1n) is 10.1. The number of esters is 1. The maximum absolute atomic E-state index is 12.1. The molecule has 32 heavy (non-hydrogen) atoms. The summed E-state index contributed by atoms with van der Waals surface area (Å²) in [6, 6.07) is 16.7. The van der Waals surface area contributed by atoms with Gasteiger partial charge in [-0.05, 0) is 79.8 Å². The lowest BCUT2D eigenvalue weighted by atomic mass is 10.2. The number of benzene rings is 2. The zero-order valence-corrected chi connectivity index (χ0v) is 20.3. The molecule has 0 aliphatic rings. The molecule has 0 unspecified atom stereocenters. The number of nitrogens with zero attached hydrogens (tertiary/aromatic N) is 2. The smallest absolute Gasteiger partial charge is 0.338 e. The molecular weight excluding hydrogens is 521 g/mol. The Morgan fingerprint density at radius 1 is 1.12 bits per heavy atom. The molecule has 0 saturated carbocycles. The average Bonchev–Trinajstić information content (AvgIpc) is 3.06. The fraction of sp³-hybridized carbons (Fsp3) is 0.208. The molecule has 0 atom stereocenters. The molecule has 1 amide bonds. The average molecular weight is 545 g/mol. The largest absolute Gasteiger partial charge is 0.483 e. The molecule has 3 aromatic rings. The van der Waals surface area contributed by atoms with Crippen molar-refractivity contribution < 1.29 is 19.1 Å². The molecule has 0 aliphatic carbocycles. The Bertz CT molecular complexity index is 1150. The van der Waals surface area contributed by atoms with Crippen LogP contribution in [0.1, 0.15) is 34.2 Å². The SMILES string of the molecule is CCOC(=O)c1cccc(-n2c(C)cc(/C=N/NC(=O)COc3ccccc3I)c2C)c1. The van der Waals surface area contributed by atoms with E-state index in [1.165, 1.54) is 0 Å². The first-order valence-corrected chi connectivity index (χ1v) is 11.1. The minimum atomic E-state index is -0.353. The zero-order chi connectivity index (χ0) is 23.1. The molecule has 0 saturated heterocycles. The molecule has 0 bridgehead atoms. The Morgan fingerprint density at radius 3 is 2.66 bits per heavy atom. The monoisotopic (exact) mass is 545 g/mol. The van der Waals surface area contributed by atoms with E-state index in [-0.39, 0.29) is 18.5 Å². The predicted molar refractivity (Wildman–Crippen MR) is 132 cm³/mol. The van der Waals surface area contributed by atoms with Gasteiger partial charge in [0.25, 0.3) is 5.91 Å². The van der Waals surface area contributed by atoms with E-state index in [9.17, 15) is 9.59 Å². The summed E-state index contributed by atoms with van der Waals surface area (Å²) in [5.74, 6) is -0.0496. The maximum Gasteiger partial charge on any atom is 0.338 e. The summed E-state index contributed by atoms with van der Waals surface area (Å²) < 4.78 is 13.6. The Labute approximate surface area is 200 Å². The highest BCUT2D eigenvalue weighted by Crippen LogP contribution is 2.21. The second kappa shape index (κ2) is 10.9. The van der Waals surface area contributed by atoms with Crippen LogP contribution < -0.4 is 10.2 Å². The number of carbonyl (C=O) groups excluding carboxylic acids is 2. The number of aryl methyl sites for hydroxylation is 1. The molecule has 7 nitrogen and oxygen atoms in total. The molecule has 0 radical (unpaired) electrons. The Balaban J connectivity index is 1.68. The summed E-state index contributed by atoms with van der Waals surface area (Å²) in [6.07, 6.45) is 1.60. The highest BCUT2D eigenvalue weighted by molar-refractivity contribution is 14.1. The van der Waals surface area contributed by atoms with Gasteiger partial charge in [0.1, 0.15) is 5.75 Å². The van der Waals surface area contributed by atoms with E-state index in [1.807, 2.05) is 60.9 Å². The van der Waals surface area contributed by atoms with Crippen LogP contribution in [0.2, 0.25) is 0 Å². The number of nitrogens with one attached hydrogen (secondary N) is 1. The lowest BCUT2D eigenvalue weighted by Crippen LogP contribution is -2.24. The number of para-hydroxylation sites is 1. The Morgan fingerprint density at radius 2 is 1.91 bits per heavy atom. The number of amides is 1. The molecule has 166 valence electrons. The van der Waals surface area contributed by atoms with Crippen molar-refractivity contribution >= 4 is 40.7 Å². The second-order valence-electron chi connectivity index (χ2n) is 6.94. The van der Waals surface area contributed by atoms with Crippen molar-refractivity contribution in [2.24, 2.45) is 5.10 Å². The van der Waals surface area contributed by atoms with Crippen molar-refractivity contribution in [3.8, 4) is 11.4 Å². The van der Waals surface area contributed by atoms with E-state index in [1.54, 1.807) is 25.3 Å². The van der Waals surface area contributed by atoms with Crippen LogP contribution in [0, 0.1) is 17.4 Å². The summed E-state index contributed by atoms with van der Waals surface area (Å²) in [6.45, 7) is 5.90. The predicted octanol–water partition coefficient (Wildman–Crippen LogP) is 4.40. The first-order chi connectivity index (χ1) is 15.4. The number of rotatable bonds is 8. The van der Waals surface area contributed by atoms with Crippen LogP contribution in [-0.4, -0.2) is 35.9 Å². The number of aromatic nitrogens is 1. The van der Waals surface area contributed by atoms with Gasteiger partial charge in [-0.25, -0.2) is 10.2 Å². The van der Waals surface area contributed by atoms with Gasteiger partial charge in [-0.3, -0.25) is 4.79 Å². The van der Waals surface area contributed by atoms with E-state index in [4.69, 9.17) is 9.47 Å². The van der Waals surface area contributed by atoms with E-state index in [2.05, 4.69) is 33.1 Å². The third kappa shape index (κ3) is 5.76. The lowest BCUT2D eigenvalue weighted by Gasteiger charge is -2.11. The molecule has 2 aromatic carbocycles. The van der Waals surface area contributed by atoms with Crippen LogP contribution in [-0.2, 0) is 9.53 Å². The zero-order valence-electron chi connectivity index (χ0n) is 18.1. The van der Waals surface area contributed by atoms with Crippen LogP contribution in [0.5, 0.6) is 5.75 Å². The van der Waals surface area contributed by atoms with Gasteiger partial charge in [-0.1, -0.05) is 18.2 Å². The molecule has 0 spiro atoms. The lowest BCUT2D eigenvalue weighted by molar-refractivity contribution is -0.123. The van der Waals surface area contributed by atoms with Gasteiger partial charge in [0.05, 0.1) is 22.0 Å². The number of carbonyl (C=O) groups is 2. The standard InChI is InChI=1S/C24H24IN3O4/c1-4-31-24(30)18-8-7-9-20(13-18)28-16(2)12-19(17(28)3)14-26-27-23(29)15-32-22-11-6-5-10-21(22)25/h5-14H,4,15H2,1-3H3,(H,27,29)/b26-14+. The van der Waals surface area contributed by atoms with Crippen molar-refractivity contribution in [2.45, 2.75) is 20.8 Å². The quantitative estimate of drug-likeness (QED) is 0.197. The molecule has 1 N–H and O–H groups in total. The van der Waals surface area contributed by atoms with Gasteiger partial charge in [-0.15, -0.1) is 0 Å². The second-order valence-corrected chi connectivity index (χ2v) is 8.11. The topological polar surface area (TPSA) is 81.9 Å². The molecule has 0 aliphatic heterocycles. The van der Waals surface area contributed by atoms with Crippen LogP contribution in [0.15, 0.2) is 59.7 Å². The number of hydrogen-bond donors (Lipinski definition) is 1. The summed E-state index contributed by atoms with van der Waals surface area (Å²) >= 11 is 2.15. The number of hydrazone groups is 1. The number of halogens is 1. The highest BCUT2D eigenvalue weighted by Gasteiger charge is 2.13. The normalized spacial score (nSPS) is 10.9. The fourth-order valence-electron chi connectivity index (χ4n) is 3.21. The summed E-state index contributed by atoms with van der Waals surface area (Å²) in [5.41, 5.74) is 6.58. The third-order valence-electron chi connectivity index (χ3n) is 4.67. The van der Waals surface area contributed by atoms with Crippen molar-refractivity contribution in [3.63, 3.8) is 0 Å². The summed E-state index contributed by atoms with van der Waals surface area (Å²) in [7, 11) is 0. The van der Waals surface area contributed by atoms with Crippen LogP contribution in [0.25, 0.3) is 5.69 Å². The van der Waals surface area contributed by atoms with Crippen LogP contribution >= 0.6 is 22.6 Å². The third-order valence-corrected chi connectivity index (χ3v) is 5.57. The van der Waals surface area contributed by atoms with E-state index in [0.717, 1.165) is 26.2 Å². The van der Waals surface area contributed by atoms with Gasteiger partial charge in [0.2, 0.25) is 0 Å². The summed E-state index contributed by atoms with van der Waals surface area (Å²) in [5, 5.41) is 4.06. The molecular formula is C24H24IN3O4. The van der Waals surface area contributed by atoms with Crippen LogP contribution in [0.3, 0.4) is 0 Å². The molecule has 1 heterocycles. The Hall–Kier alpha value is -3.14. The van der Waals surface area contributed by atoms with Crippen molar-refractivity contribution in [1.82, 2.24) is 9.99 Å². The molecule has 8 heteroatoms. The molecule has 3 rings (SSSR count). The van der Waals surface area contributed by atoms with Crippen molar-refractivity contribution in [1.29, 1.82) is 0 Å². The van der Waals surface area contributed by atoms with Crippen molar-refractivity contribution in [2.75, 3.05) is 13.2 Å². The fourth-order valence-corrected chi connectivity index (χ4v) is 3.76. The highest BCUT2D eigenvalue weighted by atomic mass is 127. The van der Waals surface area contributed by atoms with E-state index >= 15 is 0 Å². The molecule has 0 fully saturated rings. The van der Waals surface area contributed by atoms with Crippen molar-refractivity contribution in [3.05, 3.63) is 80.7 Å². The van der Waals surface area contributed by atoms with Gasteiger partial charge < -0.3 is 14.0 Å². The van der Waals surface area contributed by atoms with Crippen LogP contribution in [0.4, 0.5) is 0 Å². The minimum Gasteiger partial charge on any atom is -0.483 e. The first kappa shape index (κ1) is 23.5. The maximum atomic E-state index is 12.1. The summed E-state index contributed by atoms with van der Waals surface area (Å²) in [4.78, 5) is 24.1. The van der Waals surface area contributed by atoms with Gasteiger partial charge in [0.15, 0.2) is 6.61 Å². The Kier molecular flexibility index (Phi) is 8.04. The molecule has 1 aromatic heterocycles. The van der Waals surface area contributed by atoms with Gasteiger partial charge in [-0.2, -0.15) is 5.10 Å². The minimum absolute atomic E-state index is 0.128. The van der Waals surface area contributed by atoms with Gasteiger partial charge in [0, 0.05) is 22.6 Å². The van der Waals surface area contributed by atoms with E-state index in [0.29, 0.717) is 17.9 Å². The van der Waals surface area contributed by atoms with Gasteiger partial charge >= 0.3 is 5.97 Å². The van der Waals surface area contributed by atoms with E-state index < -0.39 is 0 Å². The number of hydrogen-bond acceptors (Lipinski definition) is 5. The number of ether oxygens (including phenoxy) is 2.